The van der Waals surface area contributed by atoms with Gasteiger partial charge in [0.15, 0.2) is 5.16 Å². The first-order valence-electron chi connectivity index (χ1n) is 8.46. The third-order valence-electron chi connectivity index (χ3n) is 4.27. The van der Waals surface area contributed by atoms with Gasteiger partial charge in [-0.1, -0.05) is 60.3 Å². The maximum absolute atomic E-state index is 9.61. The maximum atomic E-state index is 9.61. The molecule has 4 nitrogen and oxygen atoms in total. The van der Waals surface area contributed by atoms with Gasteiger partial charge in [-0.05, 0) is 37.0 Å². The first kappa shape index (κ1) is 15.9. The Balaban J connectivity index is 1.63. The summed E-state index contributed by atoms with van der Waals surface area (Å²) in [4.78, 5) is 0. The first-order chi connectivity index (χ1) is 12.3. The smallest absolute Gasteiger partial charge is 0.197 e. The highest BCUT2D eigenvalue weighted by atomic mass is 32.2. The molecule has 0 N–H and O–H groups in total. The fourth-order valence-electron chi connectivity index (χ4n) is 2.85. The monoisotopic (exact) mass is 346 g/mol. The summed E-state index contributed by atoms with van der Waals surface area (Å²) in [6.07, 6.45) is 3.03. The second-order valence-electron chi connectivity index (χ2n) is 6.21. The number of aromatic nitrogens is 3. The molecule has 0 unspecified atom stereocenters. The molecule has 1 aromatic heterocycles. The van der Waals surface area contributed by atoms with Crippen LogP contribution in [-0.2, 0) is 6.42 Å². The molecule has 1 atom stereocenters. The van der Waals surface area contributed by atoms with Crippen molar-refractivity contribution in [3.05, 3.63) is 72.1 Å². The van der Waals surface area contributed by atoms with Crippen molar-refractivity contribution in [3.8, 4) is 11.8 Å². The molecule has 2 aromatic carbocycles. The summed E-state index contributed by atoms with van der Waals surface area (Å²) in [5.41, 5.74) is 2.23. The number of nitrogens with zero attached hydrogens (tertiary/aromatic N) is 4. The lowest BCUT2D eigenvalue weighted by Crippen LogP contribution is -2.07. The van der Waals surface area contributed by atoms with Gasteiger partial charge in [0.1, 0.15) is 11.1 Å². The second kappa shape index (κ2) is 7.12. The summed E-state index contributed by atoms with van der Waals surface area (Å²) in [7, 11) is 0. The van der Waals surface area contributed by atoms with E-state index in [0.717, 1.165) is 22.2 Å². The van der Waals surface area contributed by atoms with E-state index in [1.165, 1.54) is 24.6 Å². The quantitative estimate of drug-likeness (QED) is 0.622. The molecule has 0 bridgehead atoms. The fourth-order valence-corrected chi connectivity index (χ4v) is 3.83. The van der Waals surface area contributed by atoms with Crippen molar-refractivity contribution in [1.82, 2.24) is 14.8 Å². The molecule has 3 aromatic rings. The van der Waals surface area contributed by atoms with Crippen LogP contribution in [0.2, 0.25) is 0 Å². The van der Waals surface area contributed by atoms with Crippen LogP contribution < -0.4 is 0 Å². The Labute approximate surface area is 151 Å². The van der Waals surface area contributed by atoms with E-state index >= 15 is 0 Å². The van der Waals surface area contributed by atoms with Crippen LogP contribution in [0, 0.1) is 11.3 Å². The van der Waals surface area contributed by atoms with Crippen molar-refractivity contribution in [3.63, 3.8) is 0 Å². The van der Waals surface area contributed by atoms with Gasteiger partial charge in [0, 0.05) is 11.6 Å². The Morgan fingerprint density at radius 2 is 1.72 bits per heavy atom. The molecule has 1 fully saturated rings. The Bertz CT molecular complexity index is 879. The van der Waals surface area contributed by atoms with E-state index in [-0.39, 0.29) is 5.25 Å². The minimum Gasteiger partial charge on any atom is -0.274 e. The molecule has 1 saturated carbocycles. The van der Waals surface area contributed by atoms with E-state index in [1.54, 1.807) is 0 Å². The van der Waals surface area contributed by atoms with Crippen LogP contribution in [0.3, 0.4) is 0 Å². The number of benzene rings is 2. The minimum absolute atomic E-state index is 0.193. The van der Waals surface area contributed by atoms with Crippen LogP contribution in [-0.4, -0.2) is 20.0 Å². The maximum Gasteiger partial charge on any atom is 0.197 e. The van der Waals surface area contributed by atoms with Gasteiger partial charge >= 0.3 is 0 Å². The predicted molar refractivity (Wildman–Crippen MR) is 98.7 cm³/mol. The van der Waals surface area contributed by atoms with Gasteiger partial charge in [-0.2, -0.15) is 5.26 Å². The Hall–Kier alpha value is -2.58. The van der Waals surface area contributed by atoms with Crippen molar-refractivity contribution in [2.45, 2.75) is 35.6 Å². The Morgan fingerprint density at radius 1 is 1.04 bits per heavy atom. The van der Waals surface area contributed by atoms with Crippen molar-refractivity contribution >= 4 is 11.8 Å². The normalized spacial score (nSPS) is 14.8. The molecule has 5 heteroatoms. The fraction of sp³-hybridized carbons (Fsp3) is 0.250. The molecule has 0 spiro atoms. The van der Waals surface area contributed by atoms with Crippen LogP contribution in [0.4, 0.5) is 0 Å². The zero-order chi connectivity index (χ0) is 17.1. The average Bonchev–Trinajstić information content (AvgIpc) is 3.43. The molecule has 1 aliphatic carbocycles. The largest absolute Gasteiger partial charge is 0.274 e. The highest BCUT2D eigenvalue weighted by Crippen LogP contribution is 2.41. The average molecular weight is 346 g/mol. The van der Waals surface area contributed by atoms with E-state index in [9.17, 15) is 5.26 Å². The van der Waals surface area contributed by atoms with E-state index < -0.39 is 0 Å². The minimum atomic E-state index is -0.193. The van der Waals surface area contributed by atoms with Crippen LogP contribution in [0.25, 0.3) is 5.69 Å². The number of nitriles is 1. The number of rotatable bonds is 6. The lowest BCUT2D eigenvalue weighted by atomic mass is 10.1. The summed E-state index contributed by atoms with van der Waals surface area (Å²) >= 11 is 1.50. The molecule has 25 heavy (non-hydrogen) atoms. The van der Waals surface area contributed by atoms with Gasteiger partial charge in [-0.3, -0.25) is 4.57 Å². The van der Waals surface area contributed by atoms with Crippen molar-refractivity contribution in [1.29, 1.82) is 5.26 Å². The van der Waals surface area contributed by atoms with Crippen molar-refractivity contribution in [2.75, 3.05) is 0 Å². The third-order valence-corrected chi connectivity index (χ3v) is 5.30. The molecule has 4 rings (SSSR count). The number of hydrogen-bond donors (Lipinski definition) is 0. The van der Waals surface area contributed by atoms with Crippen molar-refractivity contribution < 1.29 is 0 Å². The standard InChI is InChI=1S/C20H18N4S/c21-14-18(13-15-7-3-1-4-8-15)25-20-23-22-19(16-11-12-16)24(20)17-9-5-2-6-10-17/h1-10,16,18H,11-13H2/t18-/m0/s1. The van der Waals surface area contributed by atoms with Gasteiger partial charge < -0.3 is 0 Å². The molecule has 0 radical (unpaired) electrons. The molecule has 1 heterocycles. The topological polar surface area (TPSA) is 54.5 Å². The number of para-hydroxylation sites is 1. The van der Waals surface area contributed by atoms with E-state index in [0.29, 0.717) is 12.3 Å². The molecule has 0 saturated heterocycles. The van der Waals surface area contributed by atoms with E-state index in [1.807, 2.05) is 36.4 Å². The molecule has 0 amide bonds. The van der Waals surface area contributed by atoms with Gasteiger partial charge in [0.2, 0.25) is 0 Å². The second-order valence-corrected chi connectivity index (χ2v) is 7.38. The Kier molecular flexibility index (Phi) is 4.53. The summed E-state index contributed by atoms with van der Waals surface area (Å²) in [6.45, 7) is 0. The molecular formula is C20H18N4S. The lowest BCUT2D eigenvalue weighted by molar-refractivity contribution is 0.826. The number of hydrogen-bond acceptors (Lipinski definition) is 4. The van der Waals surface area contributed by atoms with Crippen molar-refractivity contribution in [2.24, 2.45) is 0 Å². The molecule has 0 aliphatic heterocycles. The summed E-state index contributed by atoms with van der Waals surface area (Å²) in [5.74, 6) is 1.52. The highest BCUT2D eigenvalue weighted by molar-refractivity contribution is 8.00. The van der Waals surface area contributed by atoms with Crippen LogP contribution in [0.1, 0.15) is 30.1 Å². The highest BCUT2D eigenvalue weighted by Gasteiger charge is 2.31. The zero-order valence-electron chi connectivity index (χ0n) is 13.7. The van der Waals surface area contributed by atoms with Gasteiger partial charge in [-0.15, -0.1) is 10.2 Å². The predicted octanol–water partition coefficient (Wildman–Crippen LogP) is 4.37. The van der Waals surface area contributed by atoms with E-state index in [2.05, 4.69) is 45.1 Å². The van der Waals surface area contributed by atoms with Crippen LogP contribution >= 0.6 is 11.8 Å². The summed E-state index contributed by atoms with van der Waals surface area (Å²) < 4.78 is 2.12. The lowest BCUT2D eigenvalue weighted by Gasteiger charge is -2.12. The van der Waals surface area contributed by atoms with Gasteiger partial charge in [-0.25, -0.2) is 0 Å². The molecular weight excluding hydrogens is 328 g/mol. The zero-order valence-corrected chi connectivity index (χ0v) is 14.6. The third kappa shape index (κ3) is 3.59. The SMILES string of the molecule is N#C[C@H](Cc1ccccc1)Sc1nnc(C2CC2)n1-c1ccccc1. The molecule has 1 aliphatic rings. The molecule has 124 valence electrons. The van der Waals surface area contributed by atoms with Crippen LogP contribution in [0.5, 0.6) is 0 Å². The Morgan fingerprint density at radius 3 is 2.36 bits per heavy atom. The van der Waals surface area contributed by atoms with E-state index in [4.69, 9.17) is 0 Å². The number of thioether (sulfide) groups is 1. The van der Waals surface area contributed by atoms with Gasteiger partial charge in [0.25, 0.3) is 0 Å². The van der Waals surface area contributed by atoms with Crippen LogP contribution in [0.15, 0.2) is 65.8 Å². The summed E-state index contributed by atoms with van der Waals surface area (Å²) in [6, 6.07) is 22.7. The summed E-state index contributed by atoms with van der Waals surface area (Å²) in [5, 5.41) is 19.1. The van der Waals surface area contributed by atoms with Gasteiger partial charge in [0.05, 0.1) is 6.07 Å². The first-order valence-corrected chi connectivity index (χ1v) is 9.34.